The number of amides is 1. The molecule has 202 valence electrons. The Balaban J connectivity index is 1.67. The minimum absolute atomic E-state index is 0.0150. The number of nitrogens with one attached hydrogen (secondary N) is 1. The van der Waals surface area contributed by atoms with Gasteiger partial charge in [0.05, 0.1) is 17.4 Å². The highest BCUT2D eigenvalue weighted by molar-refractivity contribution is 6.07. The number of anilines is 2. The van der Waals surface area contributed by atoms with Crippen molar-refractivity contribution in [3.63, 3.8) is 0 Å². The second-order valence-electron chi connectivity index (χ2n) is 11.4. The Bertz CT molecular complexity index is 1450. The molecule has 1 heterocycles. The number of para-hydroxylation sites is 2. The summed E-state index contributed by atoms with van der Waals surface area (Å²) in [6, 6.07) is 20.3. The number of carbonyl (C=O) groups is 2. The summed E-state index contributed by atoms with van der Waals surface area (Å²) < 4.78 is 42.1. The number of rotatable bonds is 2. The number of hydrogen-bond donors (Lipinski definition) is 1. The lowest BCUT2D eigenvalue weighted by atomic mass is 9.77. The first kappa shape index (κ1) is 26.7. The van der Waals surface area contributed by atoms with Gasteiger partial charge < -0.3 is 5.32 Å². The molecule has 4 nitrogen and oxygen atoms in total. The number of halogens is 3. The number of ketones is 1. The summed E-state index contributed by atoms with van der Waals surface area (Å²) in [4.78, 5) is 27.6. The maximum absolute atomic E-state index is 14.0. The molecule has 1 aliphatic carbocycles. The van der Waals surface area contributed by atoms with Gasteiger partial charge in [-0.3, -0.25) is 14.5 Å². The van der Waals surface area contributed by atoms with E-state index in [2.05, 4.69) is 38.2 Å². The van der Waals surface area contributed by atoms with E-state index >= 15 is 0 Å². The highest BCUT2D eigenvalue weighted by atomic mass is 19.4. The number of Topliss-reactive ketones (excluding diaryl/α,β-unsaturated/α-hetero) is 1. The average Bonchev–Trinajstić information content (AvgIpc) is 3.02. The molecule has 2 aliphatic rings. The van der Waals surface area contributed by atoms with E-state index < -0.39 is 18.1 Å². The van der Waals surface area contributed by atoms with E-state index in [0.717, 1.165) is 16.0 Å². The van der Waals surface area contributed by atoms with Crippen molar-refractivity contribution in [2.24, 2.45) is 0 Å². The molecule has 39 heavy (non-hydrogen) atoms. The van der Waals surface area contributed by atoms with Crippen molar-refractivity contribution in [1.82, 2.24) is 0 Å². The van der Waals surface area contributed by atoms with Gasteiger partial charge in [0, 0.05) is 17.7 Å². The van der Waals surface area contributed by atoms with Crippen LogP contribution in [-0.4, -0.2) is 17.9 Å². The quantitative estimate of drug-likeness (QED) is 0.367. The summed E-state index contributed by atoms with van der Waals surface area (Å²) in [5, 5.41) is 3.27. The zero-order chi connectivity index (χ0) is 28.1. The molecule has 0 fully saturated rings. The van der Waals surface area contributed by atoms with E-state index in [1.54, 1.807) is 42.5 Å². The first-order chi connectivity index (χ1) is 18.3. The minimum atomic E-state index is -5.13. The molecule has 0 saturated heterocycles. The van der Waals surface area contributed by atoms with E-state index in [1.807, 2.05) is 19.1 Å². The Labute approximate surface area is 226 Å². The van der Waals surface area contributed by atoms with Crippen molar-refractivity contribution in [2.75, 3.05) is 10.2 Å². The van der Waals surface area contributed by atoms with Crippen LogP contribution in [0.15, 0.2) is 84.1 Å². The second kappa shape index (κ2) is 9.70. The first-order valence-electron chi connectivity index (χ1n) is 13.0. The molecule has 2 atom stereocenters. The molecule has 0 aromatic heterocycles. The van der Waals surface area contributed by atoms with Crippen molar-refractivity contribution in [3.05, 3.63) is 106 Å². The summed E-state index contributed by atoms with van der Waals surface area (Å²) in [6.45, 7) is 8.28. The van der Waals surface area contributed by atoms with Crippen molar-refractivity contribution >= 4 is 23.1 Å². The Morgan fingerprint density at radius 3 is 2.10 bits per heavy atom. The van der Waals surface area contributed by atoms with Gasteiger partial charge in [-0.15, -0.1) is 0 Å². The van der Waals surface area contributed by atoms with Crippen LogP contribution >= 0.6 is 0 Å². The Morgan fingerprint density at radius 1 is 0.872 bits per heavy atom. The smallest absolute Gasteiger partial charge is 0.357 e. The maximum atomic E-state index is 14.0. The summed E-state index contributed by atoms with van der Waals surface area (Å²) in [5.41, 5.74) is 4.72. The van der Waals surface area contributed by atoms with Crippen LogP contribution in [0.1, 0.15) is 67.8 Å². The molecule has 3 aromatic rings. The van der Waals surface area contributed by atoms with Gasteiger partial charge in [0.15, 0.2) is 5.78 Å². The van der Waals surface area contributed by atoms with E-state index in [0.29, 0.717) is 23.4 Å². The van der Waals surface area contributed by atoms with E-state index in [4.69, 9.17) is 0 Å². The maximum Gasteiger partial charge on any atom is 0.471 e. The molecule has 0 radical (unpaired) electrons. The largest absolute Gasteiger partial charge is 0.471 e. The third-order valence-electron chi connectivity index (χ3n) is 7.59. The van der Waals surface area contributed by atoms with Gasteiger partial charge in [0.25, 0.3) is 0 Å². The lowest BCUT2D eigenvalue weighted by Crippen LogP contribution is -2.45. The van der Waals surface area contributed by atoms with Crippen LogP contribution in [0.2, 0.25) is 0 Å². The number of alkyl halides is 3. The van der Waals surface area contributed by atoms with Gasteiger partial charge in [-0.25, -0.2) is 0 Å². The molecule has 1 aliphatic heterocycles. The first-order valence-corrected chi connectivity index (χ1v) is 13.0. The lowest BCUT2D eigenvalue weighted by molar-refractivity contribution is -0.170. The summed E-state index contributed by atoms with van der Waals surface area (Å²) in [5.74, 6) is -2.43. The fourth-order valence-corrected chi connectivity index (χ4v) is 5.51. The summed E-state index contributed by atoms with van der Waals surface area (Å²) >= 11 is 0. The SMILES string of the molecule is Cc1ccc([C@@H]2C3=C(C[C@@H](c4ccc(C(C)(C)C)cc4)CC3=O)Nc3ccccc3N2C(=O)C(F)(F)F)cc1. The van der Waals surface area contributed by atoms with E-state index in [9.17, 15) is 22.8 Å². The number of benzene rings is 3. The van der Waals surface area contributed by atoms with Crippen LogP contribution in [0.5, 0.6) is 0 Å². The fourth-order valence-electron chi connectivity index (χ4n) is 5.51. The van der Waals surface area contributed by atoms with Crippen LogP contribution in [-0.2, 0) is 15.0 Å². The number of aryl methyl sites for hydroxylation is 1. The van der Waals surface area contributed by atoms with E-state index in [-0.39, 0.29) is 34.8 Å². The zero-order valence-corrected chi connectivity index (χ0v) is 22.4. The lowest BCUT2D eigenvalue weighted by Gasteiger charge is -2.35. The standard InChI is InChI=1S/C32H31F3N2O2/c1-19-9-11-21(12-10-19)29-28-25(36-24-7-5-6-8-26(24)37(29)30(39)32(33,34)35)17-22(18-27(28)38)20-13-15-23(16-14-20)31(2,3)4/h5-16,22,29,36H,17-18H2,1-4H3/t22-,29-/m1/s1. The average molecular weight is 533 g/mol. The molecule has 0 spiro atoms. The number of nitrogens with zero attached hydrogens (tertiary/aromatic N) is 1. The molecule has 1 amide bonds. The van der Waals surface area contributed by atoms with Gasteiger partial charge >= 0.3 is 12.1 Å². The number of fused-ring (bicyclic) bond motifs is 1. The van der Waals surface area contributed by atoms with Crippen LogP contribution in [0.4, 0.5) is 24.5 Å². The molecule has 0 bridgehead atoms. The van der Waals surface area contributed by atoms with Crippen molar-refractivity contribution in [1.29, 1.82) is 0 Å². The van der Waals surface area contributed by atoms with Crippen LogP contribution in [0.25, 0.3) is 0 Å². The molecule has 0 unspecified atom stereocenters. The molecular formula is C32H31F3N2O2. The summed E-state index contributed by atoms with van der Waals surface area (Å²) in [7, 11) is 0. The van der Waals surface area contributed by atoms with Gasteiger partial charge in [0.1, 0.15) is 0 Å². The molecule has 5 rings (SSSR count). The Hall–Kier alpha value is -3.87. The minimum Gasteiger partial charge on any atom is -0.357 e. The normalized spacial score (nSPS) is 19.7. The van der Waals surface area contributed by atoms with Gasteiger partial charge in [-0.05, 0) is 53.5 Å². The van der Waals surface area contributed by atoms with E-state index in [1.165, 1.54) is 11.6 Å². The predicted molar refractivity (Wildman–Crippen MR) is 147 cm³/mol. The number of hydrogen-bond acceptors (Lipinski definition) is 3. The molecule has 3 aromatic carbocycles. The van der Waals surface area contributed by atoms with Crippen molar-refractivity contribution in [3.8, 4) is 0 Å². The van der Waals surface area contributed by atoms with Gasteiger partial charge in [-0.2, -0.15) is 13.2 Å². The molecule has 1 N–H and O–H groups in total. The van der Waals surface area contributed by atoms with Crippen molar-refractivity contribution < 1.29 is 22.8 Å². The van der Waals surface area contributed by atoms with Crippen LogP contribution in [0, 0.1) is 6.92 Å². The Morgan fingerprint density at radius 2 is 1.49 bits per heavy atom. The highest BCUT2D eigenvalue weighted by Crippen LogP contribution is 2.48. The van der Waals surface area contributed by atoms with Gasteiger partial charge in [0.2, 0.25) is 0 Å². The third kappa shape index (κ3) is 5.10. The third-order valence-corrected chi connectivity index (χ3v) is 7.59. The topological polar surface area (TPSA) is 49.4 Å². The van der Waals surface area contributed by atoms with Crippen molar-refractivity contribution in [2.45, 2.75) is 64.1 Å². The number of carbonyl (C=O) groups excluding carboxylic acids is 2. The molecular weight excluding hydrogens is 501 g/mol. The molecule has 7 heteroatoms. The highest BCUT2D eigenvalue weighted by Gasteiger charge is 2.49. The second-order valence-corrected chi connectivity index (χ2v) is 11.4. The predicted octanol–water partition coefficient (Wildman–Crippen LogP) is 7.76. The van der Waals surface area contributed by atoms with Gasteiger partial charge in [-0.1, -0.05) is 87.0 Å². The fraction of sp³-hybridized carbons (Fsp3) is 0.312. The summed E-state index contributed by atoms with van der Waals surface area (Å²) in [6.07, 6.45) is -4.56. The zero-order valence-electron chi connectivity index (χ0n) is 22.4. The molecule has 0 saturated carbocycles. The monoisotopic (exact) mass is 532 g/mol. The van der Waals surface area contributed by atoms with Crippen LogP contribution < -0.4 is 10.2 Å². The number of allylic oxidation sites excluding steroid dienone is 1. The van der Waals surface area contributed by atoms with Crippen LogP contribution in [0.3, 0.4) is 0 Å². The Kier molecular flexibility index (Phi) is 6.65.